The SMILES string of the molecule is Cc1cc(C(=O)Nc2ccc(OCC(N)=O)cc2)c(C)n1-c1nccs1. The number of benzene rings is 1. The average molecular weight is 370 g/mol. The van der Waals surface area contributed by atoms with Crippen molar-refractivity contribution in [2.24, 2.45) is 5.73 Å². The summed E-state index contributed by atoms with van der Waals surface area (Å²) in [6.45, 7) is 3.65. The molecule has 26 heavy (non-hydrogen) atoms. The van der Waals surface area contributed by atoms with Crippen LogP contribution < -0.4 is 15.8 Å². The van der Waals surface area contributed by atoms with Crippen molar-refractivity contribution in [3.8, 4) is 10.9 Å². The number of primary amides is 1. The second kappa shape index (κ2) is 7.40. The highest BCUT2D eigenvalue weighted by atomic mass is 32.1. The van der Waals surface area contributed by atoms with Gasteiger partial charge in [-0.2, -0.15) is 0 Å². The molecule has 0 aliphatic carbocycles. The summed E-state index contributed by atoms with van der Waals surface area (Å²) in [5.41, 5.74) is 8.02. The molecule has 0 spiro atoms. The van der Waals surface area contributed by atoms with Gasteiger partial charge in [0, 0.05) is 28.7 Å². The van der Waals surface area contributed by atoms with E-state index in [1.807, 2.05) is 29.9 Å². The standard InChI is InChI=1S/C18H18N4O3S/c1-11-9-15(12(2)22(11)18-20-7-8-26-18)17(24)21-13-3-5-14(6-4-13)25-10-16(19)23/h3-9H,10H2,1-2H3,(H2,19,23)(H,21,24). The van der Waals surface area contributed by atoms with Gasteiger partial charge in [-0.1, -0.05) is 0 Å². The van der Waals surface area contributed by atoms with Crippen LogP contribution in [-0.4, -0.2) is 28.0 Å². The Morgan fingerprint density at radius 3 is 2.62 bits per heavy atom. The third kappa shape index (κ3) is 3.75. The lowest BCUT2D eigenvalue weighted by atomic mass is 10.2. The lowest BCUT2D eigenvalue weighted by molar-refractivity contribution is -0.119. The zero-order valence-electron chi connectivity index (χ0n) is 14.4. The molecule has 2 aromatic heterocycles. The minimum absolute atomic E-state index is 0.186. The number of carbonyl (C=O) groups is 2. The monoisotopic (exact) mass is 370 g/mol. The lowest BCUT2D eigenvalue weighted by Gasteiger charge is -2.08. The van der Waals surface area contributed by atoms with Crippen molar-refractivity contribution in [1.29, 1.82) is 0 Å². The second-order valence-electron chi connectivity index (χ2n) is 5.67. The Bertz CT molecular complexity index is 930. The zero-order chi connectivity index (χ0) is 18.7. The summed E-state index contributed by atoms with van der Waals surface area (Å²) in [7, 11) is 0. The van der Waals surface area contributed by atoms with Crippen molar-refractivity contribution in [2.45, 2.75) is 13.8 Å². The minimum atomic E-state index is -0.544. The Labute approximate surface area is 154 Å². The largest absolute Gasteiger partial charge is 0.484 e. The summed E-state index contributed by atoms with van der Waals surface area (Å²) in [6, 6.07) is 8.58. The van der Waals surface area contributed by atoms with Crippen LogP contribution in [0.4, 0.5) is 5.69 Å². The van der Waals surface area contributed by atoms with Gasteiger partial charge in [0.2, 0.25) is 0 Å². The van der Waals surface area contributed by atoms with E-state index in [0.29, 0.717) is 17.0 Å². The number of thiazole rings is 1. The molecule has 134 valence electrons. The first-order valence-corrected chi connectivity index (χ1v) is 8.75. The number of amides is 2. The topological polar surface area (TPSA) is 99.2 Å². The fourth-order valence-corrected chi connectivity index (χ4v) is 3.35. The number of nitrogens with two attached hydrogens (primary N) is 1. The predicted molar refractivity (Wildman–Crippen MR) is 100.0 cm³/mol. The van der Waals surface area contributed by atoms with E-state index in [9.17, 15) is 9.59 Å². The van der Waals surface area contributed by atoms with Gasteiger partial charge >= 0.3 is 0 Å². The number of aryl methyl sites for hydroxylation is 1. The van der Waals surface area contributed by atoms with Crippen LogP contribution in [0.15, 0.2) is 41.9 Å². The minimum Gasteiger partial charge on any atom is -0.484 e. The maximum absolute atomic E-state index is 12.6. The molecule has 3 rings (SSSR count). The molecule has 0 aliphatic heterocycles. The van der Waals surface area contributed by atoms with Gasteiger partial charge in [-0.3, -0.25) is 14.2 Å². The van der Waals surface area contributed by atoms with Gasteiger partial charge < -0.3 is 15.8 Å². The van der Waals surface area contributed by atoms with Gasteiger partial charge in [-0.15, -0.1) is 11.3 Å². The number of carbonyl (C=O) groups excluding carboxylic acids is 2. The highest BCUT2D eigenvalue weighted by Crippen LogP contribution is 2.23. The van der Waals surface area contributed by atoms with Crippen molar-refractivity contribution in [2.75, 3.05) is 11.9 Å². The number of hydrogen-bond acceptors (Lipinski definition) is 5. The van der Waals surface area contributed by atoms with Crippen LogP contribution in [0.25, 0.3) is 5.13 Å². The molecule has 0 fully saturated rings. The molecule has 1 aromatic carbocycles. The van der Waals surface area contributed by atoms with Crippen molar-refractivity contribution in [1.82, 2.24) is 9.55 Å². The lowest BCUT2D eigenvalue weighted by Crippen LogP contribution is -2.20. The van der Waals surface area contributed by atoms with E-state index in [1.54, 1.807) is 30.5 Å². The van der Waals surface area contributed by atoms with Crippen LogP contribution in [0.2, 0.25) is 0 Å². The van der Waals surface area contributed by atoms with Gasteiger partial charge in [0.15, 0.2) is 11.7 Å². The Morgan fingerprint density at radius 2 is 2.00 bits per heavy atom. The van der Waals surface area contributed by atoms with Gasteiger partial charge in [0.1, 0.15) is 5.75 Å². The van der Waals surface area contributed by atoms with Crippen LogP contribution in [0.5, 0.6) is 5.75 Å². The molecule has 7 nitrogen and oxygen atoms in total. The number of hydrogen-bond donors (Lipinski definition) is 2. The molecule has 8 heteroatoms. The molecule has 2 amide bonds. The fraction of sp³-hybridized carbons (Fsp3) is 0.167. The van der Waals surface area contributed by atoms with Gasteiger partial charge in [0.25, 0.3) is 11.8 Å². The number of aromatic nitrogens is 2. The third-order valence-corrected chi connectivity index (χ3v) is 4.54. The van der Waals surface area contributed by atoms with E-state index >= 15 is 0 Å². The molecular formula is C18H18N4O3S. The Morgan fingerprint density at radius 1 is 1.27 bits per heavy atom. The number of rotatable bonds is 6. The predicted octanol–water partition coefficient (Wildman–Crippen LogP) is 2.67. The summed E-state index contributed by atoms with van der Waals surface area (Å²) >= 11 is 1.51. The van der Waals surface area contributed by atoms with Crippen molar-refractivity contribution in [3.63, 3.8) is 0 Å². The molecule has 3 N–H and O–H groups in total. The quantitative estimate of drug-likeness (QED) is 0.697. The van der Waals surface area contributed by atoms with Crippen LogP contribution >= 0.6 is 11.3 Å². The molecule has 0 atom stereocenters. The van der Waals surface area contributed by atoms with Crippen LogP contribution in [0.1, 0.15) is 21.7 Å². The first-order valence-electron chi connectivity index (χ1n) is 7.87. The zero-order valence-corrected chi connectivity index (χ0v) is 15.2. The van der Waals surface area contributed by atoms with Gasteiger partial charge in [-0.25, -0.2) is 4.98 Å². The molecule has 0 saturated heterocycles. The summed E-state index contributed by atoms with van der Waals surface area (Å²) in [5.74, 6) is -0.242. The molecule has 0 unspecified atom stereocenters. The summed E-state index contributed by atoms with van der Waals surface area (Å²) < 4.78 is 7.15. The first kappa shape index (κ1) is 17.7. The Balaban J connectivity index is 1.74. The van der Waals surface area contributed by atoms with Crippen molar-refractivity contribution >= 4 is 28.8 Å². The molecule has 3 aromatic rings. The van der Waals surface area contributed by atoms with E-state index < -0.39 is 5.91 Å². The number of nitrogens with zero attached hydrogens (tertiary/aromatic N) is 2. The summed E-state index contributed by atoms with van der Waals surface area (Å²) in [5, 5.41) is 5.59. The van der Waals surface area contributed by atoms with Gasteiger partial charge in [0.05, 0.1) is 5.56 Å². The van der Waals surface area contributed by atoms with E-state index in [4.69, 9.17) is 10.5 Å². The van der Waals surface area contributed by atoms with E-state index in [1.165, 1.54) is 11.3 Å². The Hall–Kier alpha value is -3.13. The fourth-order valence-electron chi connectivity index (χ4n) is 2.60. The smallest absolute Gasteiger partial charge is 0.257 e. The second-order valence-corrected chi connectivity index (χ2v) is 6.54. The van der Waals surface area contributed by atoms with E-state index in [2.05, 4.69) is 10.3 Å². The van der Waals surface area contributed by atoms with Crippen molar-refractivity contribution < 1.29 is 14.3 Å². The van der Waals surface area contributed by atoms with E-state index in [-0.39, 0.29) is 12.5 Å². The molecule has 0 saturated carbocycles. The van der Waals surface area contributed by atoms with Crippen molar-refractivity contribution in [3.05, 3.63) is 58.9 Å². The first-order chi connectivity index (χ1) is 12.5. The van der Waals surface area contributed by atoms with Crippen LogP contribution in [-0.2, 0) is 4.79 Å². The van der Waals surface area contributed by atoms with Crippen LogP contribution in [0, 0.1) is 13.8 Å². The Kier molecular flexibility index (Phi) is 5.04. The van der Waals surface area contributed by atoms with E-state index in [0.717, 1.165) is 16.5 Å². The maximum atomic E-state index is 12.6. The highest BCUT2D eigenvalue weighted by molar-refractivity contribution is 7.12. The molecular weight excluding hydrogens is 352 g/mol. The normalized spacial score (nSPS) is 10.5. The average Bonchev–Trinajstić information content (AvgIpc) is 3.22. The van der Waals surface area contributed by atoms with Gasteiger partial charge in [-0.05, 0) is 44.2 Å². The number of anilines is 1. The number of nitrogens with one attached hydrogen (secondary N) is 1. The number of ether oxygens (including phenoxy) is 1. The molecule has 0 radical (unpaired) electrons. The summed E-state index contributed by atoms with van der Waals surface area (Å²) in [4.78, 5) is 27.7. The maximum Gasteiger partial charge on any atom is 0.257 e. The highest BCUT2D eigenvalue weighted by Gasteiger charge is 2.17. The molecule has 0 bridgehead atoms. The molecule has 2 heterocycles. The summed E-state index contributed by atoms with van der Waals surface area (Å²) in [6.07, 6.45) is 1.74. The van der Waals surface area contributed by atoms with Crippen LogP contribution in [0.3, 0.4) is 0 Å². The molecule has 0 aliphatic rings. The third-order valence-electron chi connectivity index (χ3n) is 3.78.